The first-order valence-corrected chi connectivity index (χ1v) is 3.13. The van der Waals surface area contributed by atoms with E-state index in [4.69, 9.17) is 0 Å². The lowest BCUT2D eigenvalue weighted by molar-refractivity contribution is -0.116. The average molecular weight is 125 g/mol. The van der Waals surface area contributed by atoms with Gasteiger partial charge in [0.2, 0.25) is 0 Å². The van der Waals surface area contributed by atoms with Crippen LogP contribution in [0.4, 0.5) is 0 Å². The Bertz CT molecular complexity index is 151. The molecular weight excluding hydrogens is 114 g/mol. The lowest BCUT2D eigenvalue weighted by Crippen LogP contribution is -2.29. The normalized spacial score (nSPS) is 27.1. The van der Waals surface area contributed by atoms with Crippen LogP contribution in [0.1, 0.15) is 13.3 Å². The van der Waals surface area contributed by atoms with Gasteiger partial charge >= 0.3 is 0 Å². The van der Waals surface area contributed by atoms with Gasteiger partial charge in [0.15, 0.2) is 5.78 Å². The van der Waals surface area contributed by atoms with E-state index in [-0.39, 0.29) is 5.78 Å². The molecular formula is C7H11NO. The summed E-state index contributed by atoms with van der Waals surface area (Å²) in [5, 5.41) is 0. The van der Waals surface area contributed by atoms with Gasteiger partial charge in [-0.15, -0.1) is 0 Å². The van der Waals surface area contributed by atoms with Crippen LogP contribution in [0.25, 0.3) is 0 Å². The summed E-state index contributed by atoms with van der Waals surface area (Å²) in [6, 6.07) is 0.377. The van der Waals surface area contributed by atoms with Crippen molar-refractivity contribution in [2.45, 2.75) is 19.4 Å². The molecule has 1 atom stereocenters. The zero-order valence-electron chi connectivity index (χ0n) is 5.79. The first-order chi connectivity index (χ1) is 4.20. The molecule has 9 heavy (non-hydrogen) atoms. The molecule has 2 heteroatoms. The molecule has 0 aromatic carbocycles. The minimum atomic E-state index is 0.237. The molecule has 0 saturated heterocycles. The molecule has 0 saturated carbocycles. The summed E-state index contributed by atoms with van der Waals surface area (Å²) >= 11 is 0. The summed E-state index contributed by atoms with van der Waals surface area (Å²) in [4.78, 5) is 12.7. The maximum absolute atomic E-state index is 10.7. The van der Waals surface area contributed by atoms with Crippen LogP contribution in [-0.2, 0) is 4.79 Å². The highest BCUT2D eigenvalue weighted by atomic mass is 16.1. The number of nitrogens with zero attached hydrogens (tertiary/aromatic N) is 1. The minimum absolute atomic E-state index is 0.237. The molecule has 0 N–H and O–H groups in total. The molecule has 1 aliphatic rings. The van der Waals surface area contributed by atoms with Crippen molar-refractivity contribution in [2.75, 3.05) is 7.05 Å². The molecule has 1 heterocycles. The summed E-state index contributed by atoms with van der Waals surface area (Å²) in [6.45, 7) is 2.04. The molecule has 0 amide bonds. The third kappa shape index (κ3) is 1.31. The topological polar surface area (TPSA) is 20.3 Å². The molecule has 0 aromatic rings. The first kappa shape index (κ1) is 6.33. The van der Waals surface area contributed by atoms with Gasteiger partial charge in [-0.1, -0.05) is 0 Å². The first-order valence-electron chi connectivity index (χ1n) is 3.13. The van der Waals surface area contributed by atoms with Gasteiger partial charge in [0.1, 0.15) is 0 Å². The van der Waals surface area contributed by atoms with Crippen LogP contribution in [0.5, 0.6) is 0 Å². The van der Waals surface area contributed by atoms with Crippen molar-refractivity contribution in [3.63, 3.8) is 0 Å². The third-order valence-electron chi connectivity index (χ3n) is 1.69. The Morgan fingerprint density at radius 3 is 2.89 bits per heavy atom. The number of carbonyl (C=O) groups is 1. The predicted octanol–water partition coefficient (Wildman–Crippen LogP) is 0.793. The van der Waals surface area contributed by atoms with E-state index in [1.807, 2.05) is 25.1 Å². The standard InChI is InChI=1S/C7H11NO/c1-6-5-7(9)3-4-8(6)2/h3-4,6H,5H2,1-2H3/t6-/m1/s1. The van der Waals surface area contributed by atoms with Crippen molar-refractivity contribution < 1.29 is 4.79 Å². The second kappa shape index (κ2) is 2.21. The fourth-order valence-corrected chi connectivity index (χ4v) is 0.851. The Hall–Kier alpha value is -0.790. The van der Waals surface area contributed by atoms with E-state index in [1.165, 1.54) is 0 Å². The van der Waals surface area contributed by atoms with Crippen LogP contribution < -0.4 is 0 Å². The van der Waals surface area contributed by atoms with Gasteiger partial charge in [-0.3, -0.25) is 4.79 Å². The minimum Gasteiger partial charge on any atom is -0.377 e. The Morgan fingerprint density at radius 1 is 1.78 bits per heavy atom. The molecule has 0 aliphatic carbocycles. The van der Waals surface area contributed by atoms with Crippen LogP contribution in [0.15, 0.2) is 12.3 Å². The second-order valence-corrected chi connectivity index (χ2v) is 2.50. The highest BCUT2D eigenvalue weighted by Crippen LogP contribution is 2.07. The van der Waals surface area contributed by atoms with Gasteiger partial charge in [-0.2, -0.15) is 0 Å². The van der Waals surface area contributed by atoms with Crippen molar-refractivity contribution in [1.29, 1.82) is 0 Å². The molecule has 0 spiro atoms. The maximum atomic E-state index is 10.7. The van der Waals surface area contributed by atoms with Crippen LogP contribution in [0.3, 0.4) is 0 Å². The summed E-state index contributed by atoms with van der Waals surface area (Å²) < 4.78 is 0. The van der Waals surface area contributed by atoms with E-state index in [0.717, 1.165) is 0 Å². The molecule has 0 fully saturated rings. The monoisotopic (exact) mass is 125 g/mol. The van der Waals surface area contributed by atoms with E-state index in [9.17, 15) is 4.79 Å². The number of allylic oxidation sites excluding steroid dienone is 1. The number of hydrogen-bond acceptors (Lipinski definition) is 2. The number of ketones is 1. The molecule has 0 bridgehead atoms. The van der Waals surface area contributed by atoms with Crippen molar-refractivity contribution in [2.24, 2.45) is 0 Å². The maximum Gasteiger partial charge on any atom is 0.159 e. The molecule has 0 aromatic heterocycles. The Morgan fingerprint density at radius 2 is 2.44 bits per heavy atom. The largest absolute Gasteiger partial charge is 0.377 e. The van der Waals surface area contributed by atoms with Gasteiger partial charge in [-0.25, -0.2) is 0 Å². The summed E-state index contributed by atoms with van der Waals surface area (Å²) in [6.07, 6.45) is 4.11. The van der Waals surface area contributed by atoms with E-state index in [0.29, 0.717) is 12.5 Å². The second-order valence-electron chi connectivity index (χ2n) is 2.50. The van der Waals surface area contributed by atoms with Crippen LogP contribution in [0, 0.1) is 0 Å². The zero-order chi connectivity index (χ0) is 6.85. The van der Waals surface area contributed by atoms with Crippen molar-refractivity contribution in [1.82, 2.24) is 4.90 Å². The SMILES string of the molecule is C[C@@H]1CC(=O)C=CN1C. The third-order valence-corrected chi connectivity index (χ3v) is 1.69. The van der Waals surface area contributed by atoms with Gasteiger partial charge in [0.25, 0.3) is 0 Å². The quantitative estimate of drug-likeness (QED) is 0.477. The molecule has 0 unspecified atom stereocenters. The lowest BCUT2D eigenvalue weighted by atomic mass is 10.1. The fraction of sp³-hybridized carbons (Fsp3) is 0.571. The van der Waals surface area contributed by atoms with Crippen LogP contribution in [0.2, 0.25) is 0 Å². The summed E-state index contributed by atoms with van der Waals surface area (Å²) in [7, 11) is 1.98. The van der Waals surface area contributed by atoms with Gasteiger partial charge in [0.05, 0.1) is 0 Å². The molecule has 0 radical (unpaired) electrons. The zero-order valence-corrected chi connectivity index (χ0v) is 5.79. The van der Waals surface area contributed by atoms with Gasteiger partial charge < -0.3 is 4.90 Å². The Labute approximate surface area is 55.2 Å². The number of hydrogen-bond donors (Lipinski definition) is 0. The van der Waals surface area contributed by atoms with Crippen molar-refractivity contribution in [3.05, 3.63) is 12.3 Å². The highest BCUT2D eigenvalue weighted by molar-refractivity contribution is 5.90. The summed E-state index contributed by atoms with van der Waals surface area (Å²) in [5.74, 6) is 0.237. The van der Waals surface area contributed by atoms with E-state index in [2.05, 4.69) is 0 Å². The van der Waals surface area contributed by atoms with Crippen molar-refractivity contribution in [3.8, 4) is 0 Å². The molecule has 50 valence electrons. The lowest BCUT2D eigenvalue weighted by Gasteiger charge is -2.24. The van der Waals surface area contributed by atoms with Crippen molar-refractivity contribution >= 4 is 5.78 Å². The van der Waals surface area contributed by atoms with E-state index in [1.54, 1.807) is 6.08 Å². The summed E-state index contributed by atoms with van der Waals surface area (Å²) in [5.41, 5.74) is 0. The number of rotatable bonds is 0. The fourth-order valence-electron chi connectivity index (χ4n) is 0.851. The smallest absolute Gasteiger partial charge is 0.159 e. The van der Waals surface area contributed by atoms with Crippen LogP contribution in [-0.4, -0.2) is 23.8 Å². The Balaban J connectivity index is 2.65. The number of carbonyl (C=O) groups excluding carboxylic acids is 1. The van der Waals surface area contributed by atoms with E-state index < -0.39 is 0 Å². The van der Waals surface area contributed by atoms with E-state index >= 15 is 0 Å². The van der Waals surface area contributed by atoms with Gasteiger partial charge in [0, 0.05) is 25.7 Å². The van der Waals surface area contributed by atoms with Gasteiger partial charge in [-0.05, 0) is 13.0 Å². The molecule has 2 nitrogen and oxygen atoms in total. The van der Waals surface area contributed by atoms with Crippen LogP contribution >= 0.6 is 0 Å². The average Bonchev–Trinajstić information content (AvgIpc) is 1.80. The molecule has 1 aliphatic heterocycles. The predicted molar refractivity (Wildman–Crippen MR) is 36.0 cm³/mol. The highest BCUT2D eigenvalue weighted by Gasteiger charge is 2.13. The Kier molecular flexibility index (Phi) is 1.56. The molecule has 1 rings (SSSR count).